The Balaban J connectivity index is 1.98. The Morgan fingerprint density at radius 3 is 2.37 bits per heavy atom. The molecule has 2 amide bonds. The molecule has 5 heteroatoms. The number of carbonyl (C=O) groups is 3. The van der Waals surface area contributed by atoms with Crippen LogP contribution in [0.4, 0.5) is 0 Å². The lowest BCUT2D eigenvalue weighted by molar-refractivity contribution is -0.164. The van der Waals surface area contributed by atoms with Gasteiger partial charge in [-0.05, 0) is 38.5 Å². The first-order valence-corrected chi connectivity index (χ1v) is 7.03. The molecule has 19 heavy (non-hydrogen) atoms. The van der Waals surface area contributed by atoms with Gasteiger partial charge >= 0.3 is 5.97 Å². The van der Waals surface area contributed by atoms with Gasteiger partial charge in [0.05, 0.1) is 5.41 Å². The topological polar surface area (TPSA) is 74.7 Å². The largest absolute Gasteiger partial charge is 0.479 e. The zero-order valence-electron chi connectivity index (χ0n) is 11.1. The normalized spacial score (nSPS) is 29.0. The van der Waals surface area contributed by atoms with E-state index in [9.17, 15) is 19.5 Å². The highest BCUT2D eigenvalue weighted by atomic mass is 16.4. The van der Waals surface area contributed by atoms with Crippen molar-refractivity contribution in [3.05, 3.63) is 0 Å². The Kier molecular flexibility index (Phi) is 2.53. The quantitative estimate of drug-likeness (QED) is 0.786. The molecule has 1 aliphatic heterocycles. The van der Waals surface area contributed by atoms with Gasteiger partial charge in [-0.25, -0.2) is 4.79 Å². The van der Waals surface area contributed by atoms with Crippen molar-refractivity contribution >= 4 is 17.8 Å². The average Bonchev–Trinajstić information content (AvgIpc) is 3.05. The van der Waals surface area contributed by atoms with Crippen molar-refractivity contribution in [1.82, 2.24) is 4.90 Å². The smallest absolute Gasteiger partial charge is 0.330 e. The highest BCUT2D eigenvalue weighted by Gasteiger charge is 2.63. The van der Waals surface area contributed by atoms with E-state index in [4.69, 9.17) is 0 Å². The molecule has 1 spiro atoms. The lowest BCUT2D eigenvalue weighted by atomic mass is 9.84. The van der Waals surface area contributed by atoms with Gasteiger partial charge in [-0.2, -0.15) is 0 Å². The molecular formula is C14H19NO4. The second-order valence-electron chi connectivity index (χ2n) is 6.43. The van der Waals surface area contributed by atoms with E-state index in [-0.39, 0.29) is 24.2 Å². The summed E-state index contributed by atoms with van der Waals surface area (Å²) in [6, 6.07) is 0. The molecule has 0 radical (unpaired) electrons. The zero-order valence-corrected chi connectivity index (χ0v) is 11.1. The van der Waals surface area contributed by atoms with Gasteiger partial charge in [-0.3, -0.25) is 14.5 Å². The predicted molar refractivity (Wildman–Crippen MR) is 66.1 cm³/mol. The number of hydrogen-bond donors (Lipinski definition) is 1. The average molecular weight is 265 g/mol. The second-order valence-corrected chi connectivity index (χ2v) is 6.43. The maximum Gasteiger partial charge on any atom is 0.330 e. The highest BCUT2D eigenvalue weighted by Crippen LogP contribution is 2.52. The van der Waals surface area contributed by atoms with Crippen molar-refractivity contribution in [3.8, 4) is 0 Å². The van der Waals surface area contributed by atoms with E-state index in [1.54, 1.807) is 0 Å². The molecular weight excluding hydrogens is 246 g/mol. The fourth-order valence-corrected chi connectivity index (χ4v) is 3.81. The van der Waals surface area contributed by atoms with E-state index in [0.29, 0.717) is 0 Å². The Morgan fingerprint density at radius 2 is 1.89 bits per heavy atom. The number of carbonyl (C=O) groups excluding carboxylic acids is 2. The molecule has 1 N–H and O–H groups in total. The maximum absolute atomic E-state index is 12.7. The zero-order chi connectivity index (χ0) is 13.8. The minimum Gasteiger partial charge on any atom is -0.479 e. The summed E-state index contributed by atoms with van der Waals surface area (Å²) in [5.74, 6) is -1.64. The van der Waals surface area contributed by atoms with Crippen LogP contribution >= 0.6 is 0 Å². The summed E-state index contributed by atoms with van der Waals surface area (Å²) in [5, 5.41) is 9.52. The van der Waals surface area contributed by atoms with Crippen LogP contribution in [0.25, 0.3) is 0 Å². The van der Waals surface area contributed by atoms with Crippen molar-refractivity contribution in [2.75, 3.05) is 0 Å². The Bertz CT molecular complexity index is 462. The molecule has 1 heterocycles. The summed E-state index contributed by atoms with van der Waals surface area (Å²) in [5.41, 5.74) is -1.91. The van der Waals surface area contributed by atoms with Crippen LogP contribution in [0.3, 0.4) is 0 Å². The van der Waals surface area contributed by atoms with Crippen molar-refractivity contribution in [3.63, 3.8) is 0 Å². The third kappa shape index (κ3) is 1.56. The summed E-state index contributed by atoms with van der Waals surface area (Å²) in [4.78, 5) is 37.7. The molecule has 0 aromatic heterocycles. The number of rotatable bonds is 3. The molecule has 3 fully saturated rings. The van der Waals surface area contributed by atoms with Crippen molar-refractivity contribution in [1.29, 1.82) is 0 Å². The molecule has 0 aromatic carbocycles. The van der Waals surface area contributed by atoms with Crippen LogP contribution in [0.5, 0.6) is 0 Å². The standard InChI is InChI=1S/C14H19NO4/c1-13(12(18)19,9-4-5-9)15-10(16)8-14(11(15)17)6-2-3-7-14/h9H,2-8H2,1H3,(H,18,19). The van der Waals surface area contributed by atoms with Gasteiger partial charge in [0, 0.05) is 6.42 Å². The van der Waals surface area contributed by atoms with Gasteiger partial charge in [0.1, 0.15) is 5.54 Å². The Hall–Kier alpha value is -1.39. The molecule has 3 aliphatic rings. The first kappa shape index (κ1) is 12.6. The van der Waals surface area contributed by atoms with Crippen LogP contribution in [0.1, 0.15) is 51.9 Å². The number of carboxylic acids is 1. The fourth-order valence-electron chi connectivity index (χ4n) is 3.81. The monoisotopic (exact) mass is 265 g/mol. The van der Waals surface area contributed by atoms with Gasteiger partial charge in [0.2, 0.25) is 11.8 Å². The Morgan fingerprint density at radius 1 is 1.32 bits per heavy atom. The molecule has 2 saturated carbocycles. The minimum absolute atomic E-state index is 0.0746. The van der Waals surface area contributed by atoms with E-state index in [1.807, 2.05) is 0 Å². The van der Waals surface area contributed by atoms with Crippen LogP contribution in [0.2, 0.25) is 0 Å². The number of likely N-dealkylation sites (tertiary alicyclic amines) is 1. The fraction of sp³-hybridized carbons (Fsp3) is 0.786. The van der Waals surface area contributed by atoms with Gasteiger partial charge in [0.25, 0.3) is 0 Å². The maximum atomic E-state index is 12.7. The molecule has 2 aliphatic carbocycles. The molecule has 1 unspecified atom stereocenters. The van der Waals surface area contributed by atoms with Gasteiger partial charge in [-0.15, -0.1) is 0 Å². The molecule has 5 nitrogen and oxygen atoms in total. The summed E-state index contributed by atoms with van der Waals surface area (Å²) in [6.45, 7) is 1.54. The van der Waals surface area contributed by atoms with Crippen LogP contribution in [-0.2, 0) is 14.4 Å². The number of amides is 2. The number of carboxylic acid groups (broad SMARTS) is 1. The van der Waals surface area contributed by atoms with Crippen LogP contribution in [0, 0.1) is 11.3 Å². The molecule has 1 atom stereocenters. The van der Waals surface area contributed by atoms with E-state index in [2.05, 4.69) is 0 Å². The molecule has 0 bridgehead atoms. The van der Waals surface area contributed by atoms with E-state index >= 15 is 0 Å². The molecule has 1 saturated heterocycles. The second kappa shape index (κ2) is 3.81. The van der Waals surface area contributed by atoms with Gasteiger partial charge in [-0.1, -0.05) is 12.8 Å². The van der Waals surface area contributed by atoms with Gasteiger partial charge < -0.3 is 5.11 Å². The van der Waals surface area contributed by atoms with E-state index < -0.39 is 16.9 Å². The number of imide groups is 1. The first-order valence-electron chi connectivity index (χ1n) is 7.03. The van der Waals surface area contributed by atoms with Crippen LogP contribution in [0.15, 0.2) is 0 Å². The summed E-state index contributed by atoms with van der Waals surface area (Å²) >= 11 is 0. The SMILES string of the molecule is CC(C(=O)O)(C1CC1)N1C(=O)CC2(CCCC2)C1=O. The number of aliphatic carboxylic acids is 1. The van der Waals surface area contributed by atoms with E-state index in [1.165, 1.54) is 6.92 Å². The lowest BCUT2D eigenvalue weighted by Gasteiger charge is -2.35. The summed E-state index contributed by atoms with van der Waals surface area (Å²) < 4.78 is 0. The predicted octanol–water partition coefficient (Wildman–Crippen LogP) is 1.56. The van der Waals surface area contributed by atoms with Crippen molar-refractivity contribution in [2.24, 2.45) is 11.3 Å². The molecule has 0 aromatic rings. The van der Waals surface area contributed by atoms with Gasteiger partial charge in [0.15, 0.2) is 0 Å². The third-order valence-electron chi connectivity index (χ3n) is 5.23. The van der Waals surface area contributed by atoms with Crippen molar-refractivity contribution in [2.45, 2.75) is 57.4 Å². The lowest BCUT2D eigenvalue weighted by Crippen LogP contribution is -2.57. The number of hydrogen-bond acceptors (Lipinski definition) is 3. The Labute approximate surface area is 112 Å². The van der Waals surface area contributed by atoms with E-state index in [0.717, 1.165) is 43.4 Å². The molecule has 104 valence electrons. The van der Waals surface area contributed by atoms with Crippen LogP contribution < -0.4 is 0 Å². The first-order chi connectivity index (χ1) is 8.92. The van der Waals surface area contributed by atoms with Crippen molar-refractivity contribution < 1.29 is 19.5 Å². The van der Waals surface area contributed by atoms with Crippen LogP contribution in [-0.4, -0.2) is 33.3 Å². The third-order valence-corrected chi connectivity index (χ3v) is 5.23. The summed E-state index contributed by atoms with van der Waals surface area (Å²) in [7, 11) is 0. The molecule has 3 rings (SSSR count). The highest BCUT2D eigenvalue weighted by molar-refractivity contribution is 6.09. The summed E-state index contributed by atoms with van der Waals surface area (Å²) in [6.07, 6.45) is 5.16. The number of nitrogens with zero attached hydrogens (tertiary/aromatic N) is 1. The minimum atomic E-state index is -1.33.